The van der Waals surface area contributed by atoms with Crippen LogP contribution in [0.15, 0.2) is 18.2 Å². The number of hydrogen-bond acceptors (Lipinski definition) is 1. The van der Waals surface area contributed by atoms with Gasteiger partial charge in [0.05, 0.1) is 16.9 Å². The van der Waals surface area contributed by atoms with Gasteiger partial charge in [-0.3, -0.25) is 0 Å². The lowest BCUT2D eigenvalue weighted by molar-refractivity contribution is 0.263. The highest BCUT2D eigenvalue weighted by atomic mass is 35.5. The predicted molar refractivity (Wildman–Crippen MR) is 85.2 cm³/mol. The summed E-state index contributed by atoms with van der Waals surface area (Å²) in [5, 5.41) is 0. The number of fused-ring (bicyclic) bond motifs is 1. The highest BCUT2D eigenvalue weighted by Crippen LogP contribution is 2.37. The summed E-state index contributed by atoms with van der Waals surface area (Å²) in [7, 11) is 0. The van der Waals surface area contributed by atoms with Crippen LogP contribution in [0.1, 0.15) is 57.3 Å². The van der Waals surface area contributed by atoms with Crippen molar-refractivity contribution in [2.24, 2.45) is 5.92 Å². The number of nitrogens with zero attached hydrogens (tertiary/aromatic N) is 2. The van der Waals surface area contributed by atoms with Gasteiger partial charge in [-0.15, -0.1) is 11.6 Å². The Morgan fingerprint density at radius 2 is 2.05 bits per heavy atom. The maximum Gasteiger partial charge on any atom is 0.125 e. The predicted octanol–water partition coefficient (Wildman–Crippen LogP) is 5.45. The first-order valence-corrected chi connectivity index (χ1v) is 8.48. The number of imidazole rings is 1. The second-order valence-electron chi connectivity index (χ2n) is 6.13. The summed E-state index contributed by atoms with van der Waals surface area (Å²) >= 11 is 6.06. The first-order chi connectivity index (χ1) is 10.2. The van der Waals surface area contributed by atoms with Crippen LogP contribution in [0.2, 0.25) is 0 Å². The van der Waals surface area contributed by atoms with Gasteiger partial charge in [0.15, 0.2) is 0 Å². The molecule has 0 amide bonds. The monoisotopic (exact) mass is 308 g/mol. The topological polar surface area (TPSA) is 17.8 Å². The van der Waals surface area contributed by atoms with E-state index in [1.807, 2.05) is 6.07 Å². The van der Waals surface area contributed by atoms with E-state index in [-0.39, 0.29) is 5.82 Å². The maximum absolute atomic E-state index is 13.4. The highest BCUT2D eigenvalue weighted by molar-refractivity contribution is 6.16. The Kier molecular flexibility index (Phi) is 4.48. The Morgan fingerprint density at radius 1 is 1.29 bits per heavy atom. The van der Waals surface area contributed by atoms with Gasteiger partial charge in [-0.1, -0.05) is 19.8 Å². The fourth-order valence-electron chi connectivity index (χ4n) is 3.72. The molecule has 1 heterocycles. The molecule has 1 aliphatic carbocycles. The quantitative estimate of drug-likeness (QED) is 0.687. The van der Waals surface area contributed by atoms with E-state index >= 15 is 0 Å². The molecule has 1 saturated carbocycles. The summed E-state index contributed by atoms with van der Waals surface area (Å²) in [6, 6.07) is 5.32. The summed E-state index contributed by atoms with van der Waals surface area (Å²) in [5.74, 6) is 1.89. The molecule has 2 nitrogen and oxygen atoms in total. The molecular formula is C17H22ClFN2. The van der Waals surface area contributed by atoms with E-state index in [1.165, 1.54) is 50.7 Å². The van der Waals surface area contributed by atoms with E-state index in [2.05, 4.69) is 16.5 Å². The highest BCUT2D eigenvalue weighted by Gasteiger charge is 2.25. The van der Waals surface area contributed by atoms with Crippen molar-refractivity contribution in [2.45, 2.75) is 57.4 Å². The zero-order valence-corrected chi connectivity index (χ0v) is 13.2. The Hall–Kier alpha value is -1.09. The van der Waals surface area contributed by atoms with Gasteiger partial charge >= 0.3 is 0 Å². The standard InChI is InChI=1S/C17H22ClFN2/c1-2-3-12-4-7-14(8-5-12)21-16-9-6-13(19)10-15(16)20-17(21)11-18/h6,9-10,12,14H,2-5,7-8,11H2,1H3. The van der Waals surface area contributed by atoms with E-state index in [0.29, 0.717) is 11.9 Å². The lowest BCUT2D eigenvalue weighted by Crippen LogP contribution is -2.19. The number of hydrogen-bond donors (Lipinski definition) is 0. The lowest BCUT2D eigenvalue weighted by atomic mass is 9.83. The van der Waals surface area contributed by atoms with Crippen molar-refractivity contribution in [3.05, 3.63) is 29.8 Å². The molecule has 1 aliphatic rings. The minimum atomic E-state index is -0.236. The molecule has 114 valence electrons. The second-order valence-corrected chi connectivity index (χ2v) is 6.40. The molecule has 0 unspecified atom stereocenters. The minimum Gasteiger partial charge on any atom is -0.324 e. The van der Waals surface area contributed by atoms with Crippen molar-refractivity contribution in [1.82, 2.24) is 9.55 Å². The zero-order valence-electron chi connectivity index (χ0n) is 12.5. The van der Waals surface area contributed by atoms with E-state index in [0.717, 1.165) is 22.8 Å². The van der Waals surface area contributed by atoms with Crippen molar-refractivity contribution in [2.75, 3.05) is 0 Å². The zero-order chi connectivity index (χ0) is 14.8. The summed E-state index contributed by atoms with van der Waals surface area (Å²) in [6.07, 6.45) is 7.53. The minimum absolute atomic E-state index is 0.236. The average molecular weight is 309 g/mol. The van der Waals surface area contributed by atoms with Crippen LogP contribution in [-0.4, -0.2) is 9.55 Å². The van der Waals surface area contributed by atoms with Crippen LogP contribution in [0.25, 0.3) is 11.0 Å². The van der Waals surface area contributed by atoms with Crippen LogP contribution >= 0.6 is 11.6 Å². The molecule has 4 heteroatoms. The maximum atomic E-state index is 13.4. The van der Waals surface area contributed by atoms with Crippen molar-refractivity contribution >= 4 is 22.6 Å². The molecule has 2 aromatic rings. The van der Waals surface area contributed by atoms with E-state index in [9.17, 15) is 4.39 Å². The molecule has 1 fully saturated rings. The van der Waals surface area contributed by atoms with Gasteiger partial charge in [0, 0.05) is 12.1 Å². The Labute approximate surface area is 130 Å². The normalized spacial score (nSPS) is 22.8. The van der Waals surface area contributed by atoms with Crippen molar-refractivity contribution in [1.29, 1.82) is 0 Å². The summed E-state index contributed by atoms with van der Waals surface area (Å²) in [6.45, 7) is 2.26. The number of halogens is 2. The fourth-order valence-corrected chi connectivity index (χ4v) is 3.91. The van der Waals surface area contributed by atoms with Gasteiger partial charge in [0.2, 0.25) is 0 Å². The van der Waals surface area contributed by atoms with Crippen LogP contribution in [-0.2, 0) is 5.88 Å². The van der Waals surface area contributed by atoms with Gasteiger partial charge in [0.1, 0.15) is 11.6 Å². The second kappa shape index (κ2) is 6.35. The van der Waals surface area contributed by atoms with Gasteiger partial charge < -0.3 is 4.57 Å². The Bertz CT molecular complexity index is 615. The molecule has 3 rings (SSSR count). The van der Waals surface area contributed by atoms with Crippen LogP contribution in [0.5, 0.6) is 0 Å². The summed E-state index contributed by atoms with van der Waals surface area (Å²) in [4.78, 5) is 4.51. The molecule has 0 radical (unpaired) electrons. The molecule has 0 aliphatic heterocycles. The van der Waals surface area contributed by atoms with Crippen molar-refractivity contribution < 1.29 is 4.39 Å². The molecule has 0 saturated heterocycles. The number of benzene rings is 1. The Balaban J connectivity index is 1.89. The molecule has 0 N–H and O–H groups in total. The molecular weight excluding hydrogens is 287 g/mol. The first kappa shape index (κ1) is 14.8. The molecule has 0 bridgehead atoms. The third-order valence-electron chi connectivity index (χ3n) is 4.72. The average Bonchev–Trinajstić information content (AvgIpc) is 2.86. The van der Waals surface area contributed by atoms with Gasteiger partial charge in [0.25, 0.3) is 0 Å². The largest absolute Gasteiger partial charge is 0.324 e. The lowest BCUT2D eigenvalue weighted by Gasteiger charge is -2.30. The fraction of sp³-hybridized carbons (Fsp3) is 0.588. The third-order valence-corrected chi connectivity index (χ3v) is 4.96. The van der Waals surface area contributed by atoms with Gasteiger partial charge in [-0.2, -0.15) is 0 Å². The van der Waals surface area contributed by atoms with Crippen molar-refractivity contribution in [3.63, 3.8) is 0 Å². The summed E-state index contributed by atoms with van der Waals surface area (Å²) in [5.41, 5.74) is 1.74. The van der Waals surface area contributed by atoms with Gasteiger partial charge in [-0.05, 0) is 43.7 Å². The molecule has 1 aromatic carbocycles. The van der Waals surface area contributed by atoms with E-state index in [4.69, 9.17) is 11.6 Å². The van der Waals surface area contributed by atoms with Crippen molar-refractivity contribution in [3.8, 4) is 0 Å². The van der Waals surface area contributed by atoms with E-state index in [1.54, 1.807) is 0 Å². The molecule has 1 aromatic heterocycles. The van der Waals surface area contributed by atoms with E-state index < -0.39 is 0 Å². The van der Waals surface area contributed by atoms with Crippen LogP contribution < -0.4 is 0 Å². The first-order valence-electron chi connectivity index (χ1n) is 7.95. The molecule has 0 spiro atoms. The number of aromatic nitrogens is 2. The van der Waals surface area contributed by atoms with Crippen LogP contribution in [0.3, 0.4) is 0 Å². The Morgan fingerprint density at radius 3 is 2.71 bits per heavy atom. The molecule has 21 heavy (non-hydrogen) atoms. The third kappa shape index (κ3) is 2.94. The number of rotatable bonds is 4. The van der Waals surface area contributed by atoms with Crippen LogP contribution in [0, 0.1) is 11.7 Å². The van der Waals surface area contributed by atoms with Gasteiger partial charge in [-0.25, -0.2) is 9.37 Å². The smallest absolute Gasteiger partial charge is 0.125 e. The SMILES string of the molecule is CCCC1CCC(n2c(CCl)nc3cc(F)ccc32)CC1. The van der Waals surface area contributed by atoms with Crippen LogP contribution in [0.4, 0.5) is 4.39 Å². The summed E-state index contributed by atoms with van der Waals surface area (Å²) < 4.78 is 15.6. The molecule has 0 atom stereocenters. The number of alkyl halides is 1.